The van der Waals surface area contributed by atoms with Gasteiger partial charge in [0.25, 0.3) is 0 Å². The lowest BCUT2D eigenvalue weighted by Crippen LogP contribution is -2.06. The van der Waals surface area contributed by atoms with E-state index < -0.39 is 5.78 Å². The second-order valence-electron chi connectivity index (χ2n) is 5.03. The highest BCUT2D eigenvalue weighted by Gasteiger charge is 2.18. The normalized spacial score (nSPS) is 10.8. The Balaban J connectivity index is 2.30. The molecular weight excluding hydrogens is 324 g/mol. The molecule has 0 aromatic heterocycles. The highest BCUT2D eigenvalue weighted by molar-refractivity contribution is 6.10. The minimum absolute atomic E-state index is 0.00433. The average Bonchev–Trinajstić information content (AvgIpc) is 2.63. The van der Waals surface area contributed by atoms with Crippen molar-refractivity contribution in [3.63, 3.8) is 0 Å². The van der Waals surface area contributed by atoms with Gasteiger partial charge in [-0.2, -0.15) is 0 Å². The van der Waals surface area contributed by atoms with Crippen molar-refractivity contribution in [2.24, 2.45) is 0 Å². The van der Waals surface area contributed by atoms with Crippen LogP contribution >= 0.6 is 0 Å². The van der Waals surface area contributed by atoms with Crippen LogP contribution in [0, 0.1) is 0 Å². The summed E-state index contributed by atoms with van der Waals surface area (Å²) in [5.74, 6) is -0.169. The lowest BCUT2D eigenvalue weighted by atomic mass is 10.1. The van der Waals surface area contributed by atoms with Gasteiger partial charge >= 0.3 is 0 Å². The molecule has 0 spiro atoms. The van der Waals surface area contributed by atoms with Crippen molar-refractivity contribution in [1.82, 2.24) is 0 Å². The van der Waals surface area contributed by atoms with Crippen molar-refractivity contribution in [3.8, 4) is 17.2 Å². The van der Waals surface area contributed by atoms with Gasteiger partial charge in [-0.3, -0.25) is 4.79 Å². The highest BCUT2D eigenvalue weighted by Crippen LogP contribution is 2.34. The third-order valence-corrected chi connectivity index (χ3v) is 3.20. The first-order valence-electron chi connectivity index (χ1n) is 7.53. The summed E-state index contributed by atoms with van der Waals surface area (Å²) in [6.07, 6.45) is 3.04. The number of carbonyl (C=O) groups is 1. The SMILES string of the molecule is COCOc1cc(O)c(C(=O)/C=C/c2ccccc2)c(OCOC)c1. The molecule has 0 heterocycles. The Kier molecular flexibility index (Phi) is 7.00. The van der Waals surface area contributed by atoms with Crippen molar-refractivity contribution in [3.05, 3.63) is 59.7 Å². The van der Waals surface area contributed by atoms with Gasteiger partial charge in [0.2, 0.25) is 0 Å². The van der Waals surface area contributed by atoms with Crippen LogP contribution in [0.25, 0.3) is 6.08 Å². The first-order valence-corrected chi connectivity index (χ1v) is 7.53. The maximum atomic E-state index is 12.5. The van der Waals surface area contributed by atoms with E-state index in [1.54, 1.807) is 6.08 Å². The van der Waals surface area contributed by atoms with Gasteiger partial charge in [0.05, 0.1) is 0 Å². The standard InChI is InChI=1S/C19H20O6/c1-22-12-24-15-10-17(21)19(18(11-15)25-13-23-2)16(20)9-8-14-6-4-3-5-7-14/h3-11,21H,12-13H2,1-2H3/b9-8+. The maximum absolute atomic E-state index is 12.5. The summed E-state index contributed by atoms with van der Waals surface area (Å²) in [6, 6.07) is 12.2. The van der Waals surface area contributed by atoms with Crippen LogP contribution in [0.1, 0.15) is 15.9 Å². The van der Waals surface area contributed by atoms with E-state index in [2.05, 4.69) is 0 Å². The smallest absolute Gasteiger partial charge is 0.193 e. The van der Waals surface area contributed by atoms with Crippen molar-refractivity contribution < 1.29 is 28.8 Å². The van der Waals surface area contributed by atoms with Crippen LogP contribution < -0.4 is 9.47 Å². The number of hydrogen-bond acceptors (Lipinski definition) is 6. The number of methoxy groups -OCH3 is 2. The molecule has 25 heavy (non-hydrogen) atoms. The van der Waals surface area contributed by atoms with Crippen LogP contribution in [0.3, 0.4) is 0 Å². The number of phenolic OH excluding ortho intramolecular Hbond substituents is 1. The van der Waals surface area contributed by atoms with Crippen LogP contribution in [0.15, 0.2) is 48.5 Å². The second-order valence-corrected chi connectivity index (χ2v) is 5.03. The molecular formula is C19H20O6. The molecule has 0 aliphatic rings. The predicted octanol–water partition coefficient (Wildman–Crippen LogP) is 3.25. The number of phenols is 1. The van der Waals surface area contributed by atoms with Crippen LogP contribution in [-0.4, -0.2) is 38.7 Å². The number of ketones is 1. The van der Waals surface area contributed by atoms with E-state index in [4.69, 9.17) is 18.9 Å². The zero-order valence-corrected chi connectivity index (χ0v) is 14.1. The quantitative estimate of drug-likeness (QED) is 0.428. The van der Waals surface area contributed by atoms with E-state index >= 15 is 0 Å². The fourth-order valence-corrected chi connectivity index (χ4v) is 2.09. The van der Waals surface area contributed by atoms with Gasteiger partial charge < -0.3 is 24.1 Å². The zero-order valence-electron chi connectivity index (χ0n) is 14.1. The fraction of sp³-hybridized carbons (Fsp3) is 0.211. The van der Waals surface area contributed by atoms with Gasteiger partial charge in [0, 0.05) is 26.4 Å². The summed E-state index contributed by atoms with van der Waals surface area (Å²) in [5, 5.41) is 10.2. The molecule has 6 heteroatoms. The minimum atomic E-state index is -0.397. The summed E-state index contributed by atoms with van der Waals surface area (Å²) in [6.45, 7) is -0.0692. The molecule has 0 unspecified atom stereocenters. The van der Waals surface area contributed by atoms with Crippen LogP contribution in [0.4, 0.5) is 0 Å². The van der Waals surface area contributed by atoms with E-state index in [0.717, 1.165) is 5.56 Å². The zero-order chi connectivity index (χ0) is 18.1. The molecule has 6 nitrogen and oxygen atoms in total. The van der Waals surface area contributed by atoms with Crippen LogP contribution in [-0.2, 0) is 9.47 Å². The lowest BCUT2D eigenvalue weighted by molar-refractivity contribution is 0.0453. The van der Waals surface area contributed by atoms with Gasteiger partial charge in [-0.25, -0.2) is 0 Å². The first kappa shape index (κ1) is 18.5. The predicted molar refractivity (Wildman–Crippen MR) is 92.9 cm³/mol. The summed E-state index contributed by atoms with van der Waals surface area (Å²) in [4.78, 5) is 12.5. The molecule has 0 saturated heterocycles. The largest absolute Gasteiger partial charge is 0.507 e. The van der Waals surface area contributed by atoms with Crippen LogP contribution in [0.5, 0.6) is 17.2 Å². The Morgan fingerprint density at radius 3 is 2.40 bits per heavy atom. The van der Waals surface area contributed by atoms with Gasteiger partial charge in [-0.15, -0.1) is 0 Å². The second kappa shape index (κ2) is 9.46. The number of aromatic hydroxyl groups is 1. The molecule has 0 atom stereocenters. The Bertz CT molecular complexity index is 724. The van der Waals surface area contributed by atoms with Crippen LogP contribution in [0.2, 0.25) is 0 Å². The number of allylic oxidation sites excluding steroid dienone is 1. The van der Waals surface area contributed by atoms with Crippen molar-refractivity contribution >= 4 is 11.9 Å². The highest BCUT2D eigenvalue weighted by atomic mass is 16.7. The number of carbonyl (C=O) groups excluding carboxylic acids is 1. The molecule has 2 rings (SSSR count). The van der Waals surface area contributed by atoms with Crippen molar-refractivity contribution in [2.75, 3.05) is 27.8 Å². The van der Waals surface area contributed by atoms with E-state index in [0.29, 0.717) is 5.75 Å². The van der Waals surface area contributed by atoms with Gasteiger partial charge in [0.1, 0.15) is 22.8 Å². The molecule has 0 amide bonds. The summed E-state index contributed by atoms with van der Waals surface area (Å²) in [5.41, 5.74) is 0.906. The number of ether oxygens (including phenoxy) is 4. The summed E-state index contributed by atoms with van der Waals surface area (Å²) < 4.78 is 20.4. The van der Waals surface area contributed by atoms with E-state index in [9.17, 15) is 9.90 Å². The Morgan fingerprint density at radius 2 is 1.72 bits per heavy atom. The monoisotopic (exact) mass is 344 g/mol. The van der Waals surface area contributed by atoms with Crippen molar-refractivity contribution in [1.29, 1.82) is 0 Å². The van der Waals surface area contributed by atoms with Gasteiger partial charge in [0.15, 0.2) is 19.4 Å². The minimum Gasteiger partial charge on any atom is -0.507 e. The third kappa shape index (κ3) is 5.34. The number of rotatable bonds is 9. The Morgan fingerprint density at radius 1 is 1.04 bits per heavy atom. The fourth-order valence-electron chi connectivity index (χ4n) is 2.09. The molecule has 2 aromatic rings. The Labute approximate surface area is 146 Å². The number of benzene rings is 2. The molecule has 0 aliphatic carbocycles. The molecule has 0 fully saturated rings. The molecule has 0 aliphatic heterocycles. The summed E-state index contributed by atoms with van der Waals surface area (Å²) in [7, 11) is 2.94. The lowest BCUT2D eigenvalue weighted by Gasteiger charge is -2.13. The Hall–Kier alpha value is -2.83. The van der Waals surface area contributed by atoms with Gasteiger partial charge in [-0.1, -0.05) is 36.4 Å². The van der Waals surface area contributed by atoms with E-state index in [1.165, 1.54) is 32.4 Å². The molecule has 1 N–H and O–H groups in total. The molecule has 0 bridgehead atoms. The molecule has 2 aromatic carbocycles. The number of hydrogen-bond donors (Lipinski definition) is 1. The average molecular weight is 344 g/mol. The molecule has 0 radical (unpaired) electrons. The van der Waals surface area contributed by atoms with E-state index in [1.807, 2.05) is 30.3 Å². The first-order chi connectivity index (χ1) is 12.2. The van der Waals surface area contributed by atoms with E-state index in [-0.39, 0.29) is 30.6 Å². The van der Waals surface area contributed by atoms with Crippen molar-refractivity contribution in [2.45, 2.75) is 0 Å². The topological polar surface area (TPSA) is 74.2 Å². The van der Waals surface area contributed by atoms with Gasteiger partial charge in [-0.05, 0) is 11.6 Å². The molecule has 0 saturated carbocycles. The summed E-state index contributed by atoms with van der Waals surface area (Å²) >= 11 is 0. The maximum Gasteiger partial charge on any atom is 0.193 e. The third-order valence-electron chi connectivity index (χ3n) is 3.20. The molecule has 132 valence electrons.